The molecule has 2 aromatic rings. The number of carbonyl (C=O) groups is 1. The zero-order valence-electron chi connectivity index (χ0n) is 13.9. The number of amides is 1. The Balaban J connectivity index is 1.43. The second-order valence-corrected chi connectivity index (χ2v) is 6.60. The number of piperidine rings is 1. The number of hydrogen-bond donors (Lipinski definition) is 1. The summed E-state index contributed by atoms with van der Waals surface area (Å²) in [6.45, 7) is 5.38. The minimum absolute atomic E-state index is 0.176. The average Bonchev–Trinajstić information content (AvgIpc) is 2.99. The fraction of sp³-hybridized carbons (Fsp3) is 0.588. The van der Waals surface area contributed by atoms with Gasteiger partial charge in [-0.05, 0) is 25.0 Å². The van der Waals surface area contributed by atoms with Crippen molar-refractivity contribution >= 4 is 17.1 Å². The van der Waals surface area contributed by atoms with Gasteiger partial charge in [-0.3, -0.25) is 4.79 Å². The highest BCUT2D eigenvalue weighted by atomic mass is 16.5. The van der Waals surface area contributed by atoms with Gasteiger partial charge in [-0.2, -0.15) is 0 Å². The van der Waals surface area contributed by atoms with Crippen LogP contribution >= 0.6 is 0 Å². The molecule has 0 aromatic carbocycles. The lowest BCUT2D eigenvalue weighted by Crippen LogP contribution is -2.46. The first-order chi connectivity index (χ1) is 11.7. The van der Waals surface area contributed by atoms with E-state index >= 15 is 0 Å². The number of likely N-dealkylation sites (tertiary alicyclic amines) is 1. The van der Waals surface area contributed by atoms with Crippen molar-refractivity contribution in [3.63, 3.8) is 0 Å². The quantitative estimate of drug-likeness (QED) is 0.913. The van der Waals surface area contributed by atoms with Gasteiger partial charge < -0.3 is 19.5 Å². The molecule has 2 aliphatic rings. The molecule has 4 heterocycles. The highest BCUT2D eigenvalue weighted by Crippen LogP contribution is 2.24. The van der Waals surface area contributed by atoms with Gasteiger partial charge in [0, 0.05) is 38.8 Å². The van der Waals surface area contributed by atoms with E-state index in [1.165, 1.54) is 0 Å². The lowest BCUT2D eigenvalue weighted by atomic mass is 10.0. The number of nitrogens with one attached hydrogen (secondary N) is 1. The van der Waals surface area contributed by atoms with Crippen LogP contribution in [0.1, 0.15) is 31.6 Å². The Morgan fingerprint density at radius 3 is 3.04 bits per heavy atom. The molecule has 2 aliphatic heterocycles. The van der Waals surface area contributed by atoms with Crippen LogP contribution in [0, 0.1) is 0 Å². The van der Waals surface area contributed by atoms with Gasteiger partial charge in [-0.15, -0.1) is 0 Å². The van der Waals surface area contributed by atoms with Crippen LogP contribution in [0.5, 0.6) is 0 Å². The maximum Gasteiger partial charge on any atom is 0.219 e. The standard InChI is InChI=1S/C17H23N5O2/c1-12(23)21-7-4-13(5-8-21)19-9-14-10-24-11-16-20-15-3-2-6-18-17(15)22(14)16/h2-3,6,13-14,19H,4-5,7-11H2,1H3/t14-/m0/s1. The van der Waals surface area contributed by atoms with Crippen LogP contribution in [0.4, 0.5) is 0 Å². The Labute approximate surface area is 141 Å². The Morgan fingerprint density at radius 1 is 1.42 bits per heavy atom. The predicted molar refractivity (Wildman–Crippen MR) is 89.5 cm³/mol. The predicted octanol–water partition coefficient (Wildman–Crippen LogP) is 1.10. The first-order valence-corrected chi connectivity index (χ1v) is 8.61. The molecular weight excluding hydrogens is 306 g/mol. The summed E-state index contributed by atoms with van der Waals surface area (Å²) in [5, 5.41) is 3.65. The van der Waals surface area contributed by atoms with Crippen molar-refractivity contribution in [1.29, 1.82) is 0 Å². The fourth-order valence-electron chi connectivity index (χ4n) is 3.67. The first kappa shape index (κ1) is 15.5. The summed E-state index contributed by atoms with van der Waals surface area (Å²) in [4.78, 5) is 22.5. The van der Waals surface area contributed by atoms with E-state index in [1.807, 2.05) is 23.2 Å². The summed E-state index contributed by atoms with van der Waals surface area (Å²) in [6, 6.07) is 4.57. The third kappa shape index (κ3) is 2.89. The molecule has 0 bridgehead atoms. The third-order valence-corrected chi connectivity index (χ3v) is 5.01. The number of ether oxygens (including phenoxy) is 1. The molecule has 1 saturated heterocycles. The van der Waals surface area contributed by atoms with Gasteiger partial charge >= 0.3 is 0 Å². The number of aromatic nitrogens is 3. The van der Waals surface area contributed by atoms with E-state index in [1.54, 1.807) is 6.92 Å². The van der Waals surface area contributed by atoms with E-state index in [2.05, 4.69) is 19.9 Å². The van der Waals surface area contributed by atoms with Gasteiger partial charge in [0.05, 0.1) is 12.6 Å². The SMILES string of the molecule is CC(=O)N1CCC(NC[C@H]2COCc3nc4cccnc4n32)CC1. The first-order valence-electron chi connectivity index (χ1n) is 8.61. The number of nitrogens with zero attached hydrogens (tertiary/aromatic N) is 4. The van der Waals surface area contributed by atoms with Gasteiger partial charge in [0.25, 0.3) is 0 Å². The summed E-state index contributed by atoms with van der Waals surface area (Å²) in [5.41, 5.74) is 1.87. The summed E-state index contributed by atoms with van der Waals surface area (Å²) >= 11 is 0. The molecule has 0 aliphatic carbocycles. The topological polar surface area (TPSA) is 72.3 Å². The van der Waals surface area contributed by atoms with Gasteiger partial charge in [-0.25, -0.2) is 9.97 Å². The number of carbonyl (C=O) groups excluding carboxylic acids is 1. The molecule has 4 rings (SSSR count). The van der Waals surface area contributed by atoms with Crippen molar-refractivity contribution in [2.75, 3.05) is 26.2 Å². The second kappa shape index (κ2) is 6.49. The van der Waals surface area contributed by atoms with E-state index in [-0.39, 0.29) is 11.9 Å². The van der Waals surface area contributed by atoms with Crippen molar-refractivity contribution < 1.29 is 9.53 Å². The van der Waals surface area contributed by atoms with Crippen molar-refractivity contribution in [2.24, 2.45) is 0 Å². The van der Waals surface area contributed by atoms with Gasteiger partial charge in [0.1, 0.15) is 17.9 Å². The molecule has 1 amide bonds. The average molecular weight is 329 g/mol. The van der Waals surface area contributed by atoms with E-state index in [0.717, 1.165) is 49.5 Å². The molecule has 7 nitrogen and oxygen atoms in total. The van der Waals surface area contributed by atoms with E-state index < -0.39 is 0 Å². The van der Waals surface area contributed by atoms with Crippen molar-refractivity contribution in [3.05, 3.63) is 24.2 Å². The van der Waals surface area contributed by atoms with E-state index in [9.17, 15) is 4.79 Å². The highest BCUT2D eigenvalue weighted by Gasteiger charge is 2.26. The summed E-state index contributed by atoms with van der Waals surface area (Å²) < 4.78 is 7.94. The maximum atomic E-state index is 11.4. The second-order valence-electron chi connectivity index (χ2n) is 6.60. The Bertz CT molecular complexity index is 736. The molecular formula is C17H23N5O2. The van der Waals surface area contributed by atoms with E-state index in [4.69, 9.17) is 4.74 Å². The minimum Gasteiger partial charge on any atom is -0.371 e. The van der Waals surface area contributed by atoms with Crippen molar-refractivity contribution in [1.82, 2.24) is 24.8 Å². The number of fused-ring (bicyclic) bond motifs is 3. The Hall–Kier alpha value is -1.99. The Kier molecular flexibility index (Phi) is 4.20. The smallest absolute Gasteiger partial charge is 0.219 e. The van der Waals surface area contributed by atoms with Crippen LogP contribution in [0.3, 0.4) is 0 Å². The molecule has 1 N–H and O–H groups in total. The Morgan fingerprint density at radius 2 is 2.25 bits per heavy atom. The lowest BCUT2D eigenvalue weighted by molar-refractivity contribution is -0.129. The van der Waals surface area contributed by atoms with Gasteiger partial charge in [0.15, 0.2) is 5.65 Å². The molecule has 128 valence electrons. The molecule has 0 spiro atoms. The van der Waals surface area contributed by atoms with Crippen LogP contribution in [0.25, 0.3) is 11.2 Å². The normalized spacial score (nSPS) is 21.9. The monoisotopic (exact) mass is 329 g/mol. The summed E-state index contributed by atoms with van der Waals surface area (Å²) in [6.07, 6.45) is 3.82. The summed E-state index contributed by atoms with van der Waals surface area (Å²) in [5.74, 6) is 1.13. The molecule has 1 atom stereocenters. The molecule has 24 heavy (non-hydrogen) atoms. The van der Waals surface area contributed by atoms with Crippen molar-refractivity contribution in [2.45, 2.75) is 38.5 Å². The van der Waals surface area contributed by atoms with Crippen LogP contribution in [0.2, 0.25) is 0 Å². The molecule has 1 fully saturated rings. The zero-order valence-corrected chi connectivity index (χ0v) is 13.9. The van der Waals surface area contributed by atoms with E-state index in [0.29, 0.717) is 19.3 Å². The van der Waals surface area contributed by atoms with Crippen LogP contribution in [-0.2, 0) is 16.1 Å². The zero-order chi connectivity index (χ0) is 16.5. The third-order valence-electron chi connectivity index (χ3n) is 5.01. The van der Waals surface area contributed by atoms with Crippen LogP contribution in [-0.4, -0.2) is 57.6 Å². The highest BCUT2D eigenvalue weighted by molar-refractivity contribution is 5.73. The summed E-state index contributed by atoms with van der Waals surface area (Å²) in [7, 11) is 0. The number of rotatable bonds is 3. The molecule has 0 unspecified atom stereocenters. The fourth-order valence-corrected chi connectivity index (χ4v) is 3.67. The molecule has 0 saturated carbocycles. The largest absolute Gasteiger partial charge is 0.371 e. The van der Waals surface area contributed by atoms with Gasteiger partial charge in [-0.1, -0.05) is 0 Å². The lowest BCUT2D eigenvalue weighted by Gasteiger charge is -2.33. The number of pyridine rings is 1. The van der Waals surface area contributed by atoms with Gasteiger partial charge in [0.2, 0.25) is 5.91 Å². The minimum atomic E-state index is 0.176. The molecule has 7 heteroatoms. The number of hydrogen-bond acceptors (Lipinski definition) is 5. The maximum absolute atomic E-state index is 11.4. The molecule has 2 aromatic heterocycles. The molecule has 0 radical (unpaired) electrons. The van der Waals surface area contributed by atoms with Crippen LogP contribution < -0.4 is 5.32 Å². The van der Waals surface area contributed by atoms with Crippen LogP contribution in [0.15, 0.2) is 18.3 Å². The van der Waals surface area contributed by atoms with Crippen molar-refractivity contribution in [3.8, 4) is 0 Å². The number of imidazole rings is 1.